The molecule has 0 aliphatic rings. The van der Waals surface area contributed by atoms with Crippen molar-refractivity contribution < 1.29 is 9.11 Å². The zero-order chi connectivity index (χ0) is 9.33. The van der Waals surface area contributed by atoms with Gasteiger partial charge in [0.1, 0.15) is 0 Å². The van der Waals surface area contributed by atoms with Crippen molar-refractivity contribution in [2.24, 2.45) is 0 Å². The second-order valence-electron chi connectivity index (χ2n) is 1.80. The Balaban J connectivity index is 0. The van der Waals surface area contributed by atoms with Gasteiger partial charge in [0.05, 0.1) is 0 Å². The third-order valence-corrected chi connectivity index (χ3v) is 1.78. The van der Waals surface area contributed by atoms with Crippen LogP contribution in [0.25, 0.3) is 0 Å². The highest BCUT2D eigenvalue weighted by Crippen LogP contribution is 2.26. The summed E-state index contributed by atoms with van der Waals surface area (Å²) in [4.78, 5) is 0. The Labute approximate surface area is 76.5 Å². The van der Waals surface area contributed by atoms with Crippen molar-refractivity contribution in [3.63, 3.8) is 0 Å². The Morgan fingerprint density at radius 3 is 2.09 bits per heavy atom. The Morgan fingerprint density at radius 1 is 1.36 bits per heavy atom. The van der Waals surface area contributed by atoms with Crippen LogP contribution in [0.5, 0.6) is 0 Å². The zero-order valence-electron chi connectivity index (χ0n) is 7.37. The van der Waals surface area contributed by atoms with E-state index in [1.165, 1.54) is 6.26 Å². The first kappa shape index (κ1) is 14.1. The lowest BCUT2D eigenvalue weighted by Crippen LogP contribution is -2.19. The molecule has 0 saturated carbocycles. The second-order valence-corrected chi connectivity index (χ2v) is 4.21. The highest BCUT2D eigenvalue weighted by atomic mass is 32.3. The molecule has 0 rings (SSSR count). The summed E-state index contributed by atoms with van der Waals surface area (Å²) >= 11 is 3.96. The van der Waals surface area contributed by atoms with Gasteiger partial charge in [-0.2, -0.15) is 12.6 Å². The van der Waals surface area contributed by atoms with E-state index >= 15 is 0 Å². The summed E-state index contributed by atoms with van der Waals surface area (Å²) in [6.45, 7) is 4.61. The van der Waals surface area contributed by atoms with Gasteiger partial charge in [0, 0.05) is 12.8 Å². The molecule has 0 aromatic rings. The fraction of sp³-hybridized carbons (Fsp3) is 1.00. The molecule has 0 bridgehead atoms. The SMILES string of the molecule is CC.CS(O)(O)NCCCS. The third-order valence-electron chi connectivity index (χ3n) is 0.710. The summed E-state index contributed by atoms with van der Waals surface area (Å²) < 4.78 is 20.1. The molecule has 11 heavy (non-hydrogen) atoms. The molecular formula is C6H19NO2S2. The molecule has 0 radical (unpaired) electrons. The van der Waals surface area contributed by atoms with Crippen LogP contribution in [-0.2, 0) is 0 Å². The second kappa shape index (κ2) is 8.67. The van der Waals surface area contributed by atoms with Crippen molar-refractivity contribution in [2.45, 2.75) is 20.3 Å². The van der Waals surface area contributed by atoms with Crippen LogP contribution >= 0.6 is 23.4 Å². The first-order valence-electron chi connectivity index (χ1n) is 3.65. The summed E-state index contributed by atoms with van der Waals surface area (Å²) in [5.41, 5.74) is 0. The van der Waals surface area contributed by atoms with Crippen LogP contribution in [0.2, 0.25) is 0 Å². The van der Waals surface area contributed by atoms with Gasteiger partial charge < -0.3 is 0 Å². The maximum Gasteiger partial charge on any atom is 0.0416 e. The molecule has 3 N–H and O–H groups in total. The van der Waals surface area contributed by atoms with Gasteiger partial charge in [-0.3, -0.25) is 9.11 Å². The predicted octanol–water partition coefficient (Wildman–Crippen LogP) is 2.22. The highest BCUT2D eigenvalue weighted by molar-refractivity contribution is 8.22. The number of nitrogens with one attached hydrogen (secondary N) is 1. The lowest BCUT2D eigenvalue weighted by Gasteiger charge is -2.27. The summed E-state index contributed by atoms with van der Waals surface area (Å²) in [7, 11) is -2.48. The van der Waals surface area contributed by atoms with Crippen LogP contribution in [0.4, 0.5) is 0 Å². The number of hydrogen-bond donors (Lipinski definition) is 4. The maximum atomic E-state index is 8.75. The van der Waals surface area contributed by atoms with Gasteiger partial charge in [-0.25, -0.2) is 4.72 Å². The monoisotopic (exact) mass is 201 g/mol. The minimum atomic E-state index is -2.48. The van der Waals surface area contributed by atoms with Gasteiger partial charge in [0.15, 0.2) is 0 Å². The van der Waals surface area contributed by atoms with Gasteiger partial charge in [0.25, 0.3) is 0 Å². The van der Waals surface area contributed by atoms with Crippen LogP contribution in [0.15, 0.2) is 0 Å². The van der Waals surface area contributed by atoms with Crippen molar-refractivity contribution in [1.29, 1.82) is 0 Å². The maximum absolute atomic E-state index is 8.75. The molecule has 5 heteroatoms. The standard InChI is InChI=1S/C4H13NO2S2.C2H6/c1-9(6,7)5-3-2-4-8;1-2/h5-8H,2-4H2,1H3;1-2H3. The van der Waals surface area contributed by atoms with E-state index in [-0.39, 0.29) is 0 Å². The Hall–Kier alpha value is 0.580. The number of rotatable bonds is 4. The molecule has 0 aromatic carbocycles. The van der Waals surface area contributed by atoms with Gasteiger partial charge in [-0.1, -0.05) is 13.8 Å². The van der Waals surface area contributed by atoms with E-state index in [1.807, 2.05) is 13.8 Å². The van der Waals surface area contributed by atoms with E-state index in [0.29, 0.717) is 6.54 Å². The summed E-state index contributed by atoms with van der Waals surface area (Å²) in [5.74, 6) is 0.766. The molecule has 0 aliphatic carbocycles. The van der Waals surface area contributed by atoms with E-state index in [4.69, 9.17) is 9.11 Å². The number of hydrogen-bond acceptors (Lipinski definition) is 4. The summed E-state index contributed by atoms with van der Waals surface area (Å²) in [6.07, 6.45) is 2.22. The fourth-order valence-electron chi connectivity index (χ4n) is 0.345. The fourth-order valence-corrected chi connectivity index (χ4v) is 1.03. The molecular weight excluding hydrogens is 182 g/mol. The number of thiol groups is 1. The molecule has 0 aliphatic heterocycles. The largest absolute Gasteiger partial charge is 0.286 e. The van der Waals surface area contributed by atoms with Crippen molar-refractivity contribution in [2.75, 3.05) is 18.6 Å². The lowest BCUT2D eigenvalue weighted by molar-refractivity contribution is 0.478. The van der Waals surface area contributed by atoms with Gasteiger partial charge >= 0.3 is 0 Å². The smallest absolute Gasteiger partial charge is 0.0416 e. The highest BCUT2D eigenvalue weighted by Gasteiger charge is 1.98. The molecule has 72 valence electrons. The minimum Gasteiger partial charge on any atom is -0.286 e. The Bertz CT molecular complexity index is 75.5. The quantitative estimate of drug-likeness (QED) is 0.417. The van der Waals surface area contributed by atoms with Gasteiger partial charge in [0.2, 0.25) is 0 Å². The summed E-state index contributed by atoms with van der Waals surface area (Å²) in [6, 6.07) is 0. The Morgan fingerprint density at radius 2 is 1.82 bits per heavy atom. The Kier molecular flexibility index (Phi) is 11.1. The average molecular weight is 201 g/mol. The minimum absolute atomic E-state index is 0.613. The molecule has 0 fully saturated rings. The first-order valence-corrected chi connectivity index (χ1v) is 6.23. The topological polar surface area (TPSA) is 52.5 Å². The van der Waals surface area contributed by atoms with E-state index in [2.05, 4.69) is 17.4 Å². The molecule has 0 saturated heterocycles. The predicted molar refractivity (Wildman–Crippen MR) is 56.6 cm³/mol. The van der Waals surface area contributed by atoms with Crippen LogP contribution in [0, 0.1) is 0 Å². The average Bonchev–Trinajstić information content (AvgIpc) is 1.90. The van der Waals surface area contributed by atoms with Crippen LogP contribution < -0.4 is 4.72 Å². The molecule has 0 heterocycles. The first-order chi connectivity index (χ1) is 5.06. The van der Waals surface area contributed by atoms with Gasteiger partial charge in [-0.15, -0.1) is 10.8 Å². The van der Waals surface area contributed by atoms with E-state index in [1.54, 1.807) is 0 Å². The van der Waals surface area contributed by atoms with E-state index in [0.717, 1.165) is 12.2 Å². The third kappa shape index (κ3) is 18.0. The summed E-state index contributed by atoms with van der Waals surface area (Å²) in [5, 5.41) is 0. The van der Waals surface area contributed by atoms with Crippen molar-refractivity contribution in [3.05, 3.63) is 0 Å². The van der Waals surface area contributed by atoms with Crippen LogP contribution in [0.1, 0.15) is 20.3 Å². The molecule has 0 spiro atoms. The molecule has 0 unspecified atom stereocenters. The zero-order valence-corrected chi connectivity index (χ0v) is 9.08. The molecule has 0 amide bonds. The van der Waals surface area contributed by atoms with Crippen molar-refractivity contribution in [1.82, 2.24) is 4.72 Å². The lowest BCUT2D eigenvalue weighted by atomic mass is 10.5. The molecule has 0 atom stereocenters. The molecule has 0 aromatic heterocycles. The van der Waals surface area contributed by atoms with Crippen molar-refractivity contribution >= 4 is 23.4 Å². The molecule has 3 nitrogen and oxygen atoms in total. The van der Waals surface area contributed by atoms with E-state index in [9.17, 15) is 0 Å². The van der Waals surface area contributed by atoms with E-state index < -0.39 is 10.8 Å². The van der Waals surface area contributed by atoms with Crippen LogP contribution in [0.3, 0.4) is 0 Å². The van der Waals surface area contributed by atoms with Crippen LogP contribution in [-0.4, -0.2) is 27.7 Å². The normalized spacial score (nSPS) is 11.8. The van der Waals surface area contributed by atoms with Gasteiger partial charge in [-0.05, 0) is 12.2 Å². The van der Waals surface area contributed by atoms with Crippen molar-refractivity contribution in [3.8, 4) is 0 Å².